The number of hydrogen-bond acceptors (Lipinski definition) is 7. The first-order valence-electron chi connectivity index (χ1n) is 13.6. The van der Waals surface area contributed by atoms with Crippen molar-refractivity contribution in [2.75, 3.05) is 33.0 Å². The zero-order valence-corrected chi connectivity index (χ0v) is 23.9. The molecule has 8 heteroatoms. The fraction of sp³-hybridized carbons (Fsp3) is 0.438. The van der Waals surface area contributed by atoms with Crippen LogP contribution in [-0.4, -0.2) is 50.1 Å². The number of esters is 2. The summed E-state index contributed by atoms with van der Waals surface area (Å²) in [5.74, 6) is -0.576. The lowest BCUT2D eigenvalue weighted by Crippen LogP contribution is -2.14. The van der Waals surface area contributed by atoms with Gasteiger partial charge in [0.2, 0.25) is 0 Å². The first-order chi connectivity index (χ1) is 19.2. The van der Waals surface area contributed by atoms with Crippen LogP contribution in [0.25, 0.3) is 11.1 Å². The van der Waals surface area contributed by atoms with Crippen LogP contribution >= 0.6 is 0 Å². The van der Waals surface area contributed by atoms with Gasteiger partial charge in [0.1, 0.15) is 43.7 Å². The lowest BCUT2D eigenvalue weighted by molar-refractivity contribution is -0.140. The predicted octanol–water partition coefficient (Wildman–Crippen LogP) is 6.15. The number of aliphatic hydroxyl groups is 1. The minimum Gasteiger partial charge on any atom is -0.490 e. The van der Waals surface area contributed by atoms with Crippen molar-refractivity contribution >= 4 is 11.9 Å². The Morgan fingerprint density at radius 2 is 1.43 bits per heavy atom. The molecule has 2 aromatic carbocycles. The third-order valence-corrected chi connectivity index (χ3v) is 6.00. The quantitative estimate of drug-likeness (QED) is 0.134. The maximum atomic E-state index is 15.4. The van der Waals surface area contributed by atoms with Gasteiger partial charge in [-0.3, -0.25) is 0 Å². The molecule has 2 aromatic rings. The molecule has 0 unspecified atom stereocenters. The standard InChI is InChI=1S/C32H41FO7/c1-6-7-8-10-24-12-13-26(28(33)19-24)27-21-29(37-15-17-39-31(35)22(2)3)25(11-9-14-34)20-30(27)38-16-18-40-32(36)23(4)5/h12-13,19-21,34H,2,4,6-11,14-18H2,1,3,5H3. The van der Waals surface area contributed by atoms with Gasteiger partial charge in [0.25, 0.3) is 0 Å². The lowest BCUT2D eigenvalue weighted by atomic mass is 9.97. The average molecular weight is 557 g/mol. The van der Waals surface area contributed by atoms with Gasteiger partial charge >= 0.3 is 11.9 Å². The summed E-state index contributed by atoms with van der Waals surface area (Å²) < 4.78 is 37.6. The number of aliphatic hydroxyl groups excluding tert-OH is 1. The predicted molar refractivity (Wildman–Crippen MR) is 153 cm³/mol. The molecule has 0 aromatic heterocycles. The highest BCUT2D eigenvalue weighted by molar-refractivity contribution is 5.87. The monoisotopic (exact) mass is 556 g/mol. The summed E-state index contributed by atoms with van der Waals surface area (Å²) in [6.07, 6.45) is 4.88. The van der Waals surface area contributed by atoms with Crippen molar-refractivity contribution in [3.63, 3.8) is 0 Å². The molecular formula is C32H41FO7. The number of ether oxygens (including phenoxy) is 4. The fourth-order valence-corrected chi connectivity index (χ4v) is 3.86. The number of unbranched alkanes of at least 4 members (excludes halogenated alkanes) is 2. The van der Waals surface area contributed by atoms with Gasteiger partial charge in [-0.25, -0.2) is 14.0 Å². The largest absolute Gasteiger partial charge is 0.490 e. The Morgan fingerprint density at radius 1 is 0.800 bits per heavy atom. The van der Waals surface area contributed by atoms with Crippen molar-refractivity contribution < 1.29 is 38.0 Å². The molecule has 0 fully saturated rings. The first kappa shape index (κ1) is 32.6. The average Bonchev–Trinajstić information content (AvgIpc) is 2.92. The molecule has 1 N–H and O–H groups in total. The molecule has 7 nitrogen and oxygen atoms in total. The number of halogens is 1. The molecule has 0 atom stereocenters. The molecule has 40 heavy (non-hydrogen) atoms. The van der Waals surface area contributed by atoms with E-state index in [2.05, 4.69) is 20.1 Å². The Labute approximate surface area is 236 Å². The van der Waals surface area contributed by atoms with E-state index in [0.717, 1.165) is 36.8 Å². The summed E-state index contributed by atoms with van der Waals surface area (Å²) in [7, 11) is 0. The molecule has 0 heterocycles. The Kier molecular flexibility index (Phi) is 13.9. The van der Waals surface area contributed by atoms with Crippen LogP contribution in [0.15, 0.2) is 54.6 Å². The van der Waals surface area contributed by atoms with Gasteiger partial charge in [0, 0.05) is 28.9 Å². The van der Waals surface area contributed by atoms with E-state index in [0.29, 0.717) is 35.5 Å². The minimum atomic E-state index is -0.520. The van der Waals surface area contributed by atoms with Crippen LogP contribution in [0.5, 0.6) is 11.5 Å². The number of carbonyl (C=O) groups excluding carboxylic acids is 2. The van der Waals surface area contributed by atoms with Crippen LogP contribution < -0.4 is 9.47 Å². The summed E-state index contributed by atoms with van der Waals surface area (Å²) >= 11 is 0. The van der Waals surface area contributed by atoms with E-state index < -0.39 is 17.8 Å². The second kappa shape index (κ2) is 17.1. The number of aryl methyl sites for hydroxylation is 2. The van der Waals surface area contributed by atoms with Crippen molar-refractivity contribution in [1.82, 2.24) is 0 Å². The molecule has 0 radical (unpaired) electrons. The molecule has 0 aliphatic rings. The molecular weight excluding hydrogens is 515 g/mol. The zero-order valence-electron chi connectivity index (χ0n) is 23.9. The van der Waals surface area contributed by atoms with Crippen LogP contribution in [0, 0.1) is 5.82 Å². The highest BCUT2D eigenvalue weighted by Gasteiger charge is 2.18. The van der Waals surface area contributed by atoms with Crippen LogP contribution in [0.2, 0.25) is 0 Å². The smallest absolute Gasteiger partial charge is 0.333 e. The lowest BCUT2D eigenvalue weighted by Gasteiger charge is -2.19. The second-order valence-corrected chi connectivity index (χ2v) is 9.58. The summed E-state index contributed by atoms with van der Waals surface area (Å²) in [6.45, 7) is 12.4. The third kappa shape index (κ3) is 10.5. The number of rotatable bonds is 18. The van der Waals surface area contributed by atoms with E-state index >= 15 is 4.39 Å². The second-order valence-electron chi connectivity index (χ2n) is 9.58. The molecule has 0 amide bonds. The highest BCUT2D eigenvalue weighted by atomic mass is 19.1. The van der Waals surface area contributed by atoms with Crippen LogP contribution in [-0.2, 0) is 31.9 Å². The van der Waals surface area contributed by atoms with Gasteiger partial charge in [0.05, 0.1) is 0 Å². The van der Waals surface area contributed by atoms with Crippen molar-refractivity contribution in [1.29, 1.82) is 0 Å². The topological polar surface area (TPSA) is 91.3 Å². The third-order valence-electron chi connectivity index (χ3n) is 6.00. The highest BCUT2D eigenvalue weighted by Crippen LogP contribution is 2.38. The van der Waals surface area contributed by atoms with Crippen molar-refractivity contribution in [2.24, 2.45) is 0 Å². The summed E-state index contributed by atoms with van der Waals surface area (Å²) in [5.41, 5.74) is 3.01. The molecule has 2 rings (SSSR count). The number of benzene rings is 2. The number of carbonyl (C=O) groups is 2. The molecule has 0 aliphatic carbocycles. The van der Waals surface area contributed by atoms with E-state index in [4.69, 9.17) is 18.9 Å². The number of hydrogen-bond donors (Lipinski definition) is 1. The maximum Gasteiger partial charge on any atom is 0.333 e. The maximum absolute atomic E-state index is 15.4. The molecule has 0 bridgehead atoms. The van der Waals surface area contributed by atoms with Gasteiger partial charge in [0.15, 0.2) is 0 Å². The van der Waals surface area contributed by atoms with Crippen molar-refractivity contribution in [2.45, 2.75) is 59.3 Å². The van der Waals surface area contributed by atoms with Gasteiger partial charge in [-0.15, -0.1) is 0 Å². The Morgan fingerprint density at radius 3 is 1.98 bits per heavy atom. The van der Waals surface area contributed by atoms with E-state index in [-0.39, 0.29) is 44.2 Å². The van der Waals surface area contributed by atoms with E-state index in [9.17, 15) is 14.7 Å². The van der Waals surface area contributed by atoms with E-state index in [1.54, 1.807) is 38.1 Å². The van der Waals surface area contributed by atoms with Gasteiger partial charge in [-0.2, -0.15) is 0 Å². The van der Waals surface area contributed by atoms with E-state index in [1.165, 1.54) is 0 Å². The molecule has 218 valence electrons. The van der Waals surface area contributed by atoms with Crippen LogP contribution in [0.3, 0.4) is 0 Å². The SMILES string of the molecule is C=C(C)C(=O)OCCOc1cc(-c2ccc(CCCCC)cc2F)c(OCCOC(=O)C(=C)C)cc1CCCO. The van der Waals surface area contributed by atoms with Crippen molar-refractivity contribution in [3.05, 3.63) is 71.6 Å². The normalized spacial score (nSPS) is 10.6. The molecule has 0 spiro atoms. The molecule has 0 saturated carbocycles. The Hall–Kier alpha value is -3.65. The minimum absolute atomic E-state index is 0.00756. The van der Waals surface area contributed by atoms with Gasteiger partial charge in [-0.1, -0.05) is 45.1 Å². The Balaban J connectivity index is 2.38. The first-order valence-corrected chi connectivity index (χ1v) is 13.6. The summed E-state index contributed by atoms with van der Waals surface area (Å²) in [4.78, 5) is 23.4. The molecule has 0 saturated heterocycles. The van der Waals surface area contributed by atoms with Crippen LogP contribution in [0.4, 0.5) is 4.39 Å². The van der Waals surface area contributed by atoms with Crippen LogP contribution in [0.1, 0.15) is 57.6 Å². The van der Waals surface area contributed by atoms with Gasteiger partial charge < -0.3 is 24.1 Å². The summed E-state index contributed by atoms with van der Waals surface area (Å²) in [6, 6.07) is 8.61. The Bertz CT molecular complexity index is 1170. The zero-order chi connectivity index (χ0) is 29.5. The summed E-state index contributed by atoms with van der Waals surface area (Å²) in [5, 5.41) is 9.41. The van der Waals surface area contributed by atoms with Gasteiger partial charge in [-0.05, 0) is 68.9 Å². The van der Waals surface area contributed by atoms with Crippen molar-refractivity contribution in [3.8, 4) is 22.6 Å². The van der Waals surface area contributed by atoms with E-state index in [1.807, 2.05) is 6.07 Å². The fourth-order valence-electron chi connectivity index (χ4n) is 3.86. The molecule has 0 aliphatic heterocycles.